The van der Waals surface area contributed by atoms with Crippen molar-refractivity contribution in [2.75, 3.05) is 0 Å². The summed E-state index contributed by atoms with van der Waals surface area (Å²) in [5, 5.41) is 16.3. The number of hydrogen-bond acceptors (Lipinski definition) is 7. The highest BCUT2D eigenvalue weighted by molar-refractivity contribution is 7.98. The molecule has 9 heteroatoms. The van der Waals surface area contributed by atoms with Crippen LogP contribution in [0.3, 0.4) is 0 Å². The maximum absolute atomic E-state index is 12.9. The molecular formula is C14H15FN6OS. The zero-order valence-corrected chi connectivity index (χ0v) is 13.7. The van der Waals surface area contributed by atoms with Crippen molar-refractivity contribution < 1.29 is 8.91 Å². The van der Waals surface area contributed by atoms with Gasteiger partial charge in [0.2, 0.25) is 16.9 Å². The molecule has 2 aromatic heterocycles. The first-order valence-corrected chi connectivity index (χ1v) is 7.92. The van der Waals surface area contributed by atoms with E-state index in [2.05, 4.69) is 25.7 Å². The summed E-state index contributed by atoms with van der Waals surface area (Å²) >= 11 is 1.42. The molecule has 120 valence electrons. The van der Waals surface area contributed by atoms with Gasteiger partial charge in [0.25, 0.3) is 0 Å². The van der Waals surface area contributed by atoms with Gasteiger partial charge in [-0.2, -0.15) is 4.98 Å². The van der Waals surface area contributed by atoms with E-state index in [1.165, 1.54) is 23.9 Å². The number of tetrazole rings is 1. The summed E-state index contributed by atoms with van der Waals surface area (Å²) < 4.78 is 19.9. The van der Waals surface area contributed by atoms with Crippen LogP contribution in [0.15, 0.2) is 33.9 Å². The van der Waals surface area contributed by atoms with Gasteiger partial charge in [-0.25, -0.2) is 9.07 Å². The van der Waals surface area contributed by atoms with Crippen LogP contribution in [0.5, 0.6) is 0 Å². The molecule has 0 aliphatic heterocycles. The monoisotopic (exact) mass is 334 g/mol. The largest absolute Gasteiger partial charge is 0.338 e. The Kier molecular flexibility index (Phi) is 4.12. The summed E-state index contributed by atoms with van der Waals surface area (Å²) in [6, 6.07) is 5.93. The molecule has 0 aliphatic rings. The number of benzene rings is 1. The first kappa shape index (κ1) is 15.6. The fraction of sp³-hybridized carbons (Fsp3) is 0.357. The van der Waals surface area contributed by atoms with Crippen molar-refractivity contribution in [3.8, 4) is 11.4 Å². The minimum atomic E-state index is -0.304. The summed E-state index contributed by atoms with van der Waals surface area (Å²) in [6.07, 6.45) is 0. The fourth-order valence-electron chi connectivity index (χ4n) is 1.85. The van der Waals surface area contributed by atoms with Crippen LogP contribution in [0.1, 0.15) is 26.7 Å². The first-order valence-electron chi connectivity index (χ1n) is 6.94. The second-order valence-electron chi connectivity index (χ2n) is 5.85. The number of halogens is 1. The second kappa shape index (κ2) is 6.07. The first-order chi connectivity index (χ1) is 10.9. The van der Waals surface area contributed by atoms with Crippen LogP contribution in [0.2, 0.25) is 0 Å². The number of aromatic nitrogens is 6. The molecule has 0 unspecified atom stereocenters. The van der Waals surface area contributed by atoms with E-state index in [0.29, 0.717) is 28.2 Å². The Morgan fingerprint density at radius 2 is 1.96 bits per heavy atom. The van der Waals surface area contributed by atoms with Crippen LogP contribution in [0.25, 0.3) is 11.4 Å². The van der Waals surface area contributed by atoms with E-state index in [-0.39, 0.29) is 11.4 Å². The predicted octanol–water partition coefficient (Wildman–Crippen LogP) is 2.91. The molecule has 0 atom stereocenters. The van der Waals surface area contributed by atoms with E-state index in [1.807, 2.05) is 20.8 Å². The fourth-order valence-corrected chi connectivity index (χ4v) is 2.74. The van der Waals surface area contributed by atoms with Gasteiger partial charge in [-0.15, -0.1) is 5.10 Å². The van der Waals surface area contributed by atoms with Gasteiger partial charge >= 0.3 is 0 Å². The van der Waals surface area contributed by atoms with E-state index in [4.69, 9.17) is 4.52 Å². The molecule has 0 N–H and O–H groups in total. The average Bonchev–Trinajstić information content (AvgIpc) is 3.14. The maximum Gasteiger partial charge on any atom is 0.237 e. The highest BCUT2D eigenvalue weighted by atomic mass is 32.2. The van der Waals surface area contributed by atoms with Crippen molar-refractivity contribution >= 4 is 11.8 Å². The van der Waals surface area contributed by atoms with Gasteiger partial charge in [-0.1, -0.05) is 16.9 Å². The topological polar surface area (TPSA) is 82.5 Å². The number of rotatable bonds is 4. The maximum atomic E-state index is 12.9. The second-order valence-corrected chi connectivity index (χ2v) is 6.79. The molecule has 0 spiro atoms. The van der Waals surface area contributed by atoms with Crippen molar-refractivity contribution in [2.45, 2.75) is 37.2 Å². The third kappa shape index (κ3) is 3.55. The molecule has 2 heterocycles. The summed E-state index contributed by atoms with van der Waals surface area (Å²) in [4.78, 5) is 4.30. The Morgan fingerprint density at radius 1 is 1.22 bits per heavy atom. The Hall–Kier alpha value is -2.29. The van der Waals surface area contributed by atoms with E-state index >= 15 is 0 Å². The van der Waals surface area contributed by atoms with Gasteiger partial charge in [0.1, 0.15) is 5.82 Å². The zero-order valence-electron chi connectivity index (χ0n) is 12.9. The molecule has 7 nitrogen and oxygen atoms in total. The average molecular weight is 334 g/mol. The molecule has 0 saturated carbocycles. The van der Waals surface area contributed by atoms with Crippen molar-refractivity contribution in [1.82, 2.24) is 30.3 Å². The van der Waals surface area contributed by atoms with E-state index < -0.39 is 0 Å². The number of hydrogen-bond donors (Lipinski definition) is 0. The lowest BCUT2D eigenvalue weighted by Crippen LogP contribution is -2.24. The standard InChI is InChI=1S/C14H15FN6OS/c1-14(2,3)21-13(17-19-20-21)23-8-11-16-12(18-22-11)9-4-6-10(15)7-5-9/h4-7H,8H2,1-3H3. The zero-order chi connectivity index (χ0) is 16.4. The van der Waals surface area contributed by atoms with E-state index in [9.17, 15) is 4.39 Å². The van der Waals surface area contributed by atoms with Gasteiger partial charge in [-0.05, 0) is 55.5 Å². The lowest BCUT2D eigenvalue weighted by Gasteiger charge is -2.19. The van der Waals surface area contributed by atoms with Crippen molar-refractivity contribution in [2.24, 2.45) is 0 Å². The van der Waals surface area contributed by atoms with Gasteiger partial charge in [0, 0.05) is 5.56 Å². The third-order valence-corrected chi connectivity index (χ3v) is 3.88. The molecule has 0 fully saturated rings. The van der Waals surface area contributed by atoms with Crippen LogP contribution in [0.4, 0.5) is 4.39 Å². The molecule has 0 saturated heterocycles. The van der Waals surface area contributed by atoms with Crippen molar-refractivity contribution in [3.05, 3.63) is 36.0 Å². The lowest BCUT2D eigenvalue weighted by atomic mass is 10.1. The van der Waals surface area contributed by atoms with Crippen LogP contribution in [-0.2, 0) is 11.3 Å². The third-order valence-electron chi connectivity index (χ3n) is 2.97. The van der Waals surface area contributed by atoms with Gasteiger partial charge in [0.15, 0.2) is 0 Å². The van der Waals surface area contributed by atoms with Crippen molar-refractivity contribution in [3.63, 3.8) is 0 Å². The molecule has 3 aromatic rings. The molecule has 0 amide bonds. The quantitative estimate of drug-likeness (QED) is 0.678. The lowest BCUT2D eigenvalue weighted by molar-refractivity contribution is 0.321. The van der Waals surface area contributed by atoms with Crippen molar-refractivity contribution in [1.29, 1.82) is 0 Å². The molecule has 1 aromatic carbocycles. The minimum Gasteiger partial charge on any atom is -0.338 e. The summed E-state index contributed by atoms with van der Waals surface area (Å²) in [5.41, 5.74) is 0.492. The summed E-state index contributed by atoms with van der Waals surface area (Å²) in [7, 11) is 0. The molecule has 3 rings (SSSR count). The highest BCUT2D eigenvalue weighted by Gasteiger charge is 2.20. The molecule has 0 radical (unpaired) electrons. The SMILES string of the molecule is CC(C)(C)n1nnnc1SCc1nc(-c2ccc(F)cc2)no1. The van der Waals surface area contributed by atoms with Gasteiger partial charge < -0.3 is 4.52 Å². The number of nitrogens with zero attached hydrogens (tertiary/aromatic N) is 6. The van der Waals surface area contributed by atoms with Crippen LogP contribution in [-0.4, -0.2) is 30.3 Å². The Labute approximate surface area is 136 Å². The molecule has 0 bridgehead atoms. The summed E-state index contributed by atoms with van der Waals surface area (Å²) in [6.45, 7) is 6.06. The molecule has 0 aliphatic carbocycles. The number of thioether (sulfide) groups is 1. The summed E-state index contributed by atoms with van der Waals surface area (Å²) in [5.74, 6) is 1.03. The predicted molar refractivity (Wildman–Crippen MR) is 82.1 cm³/mol. The van der Waals surface area contributed by atoms with Gasteiger partial charge in [0.05, 0.1) is 11.3 Å². The molecule has 23 heavy (non-hydrogen) atoms. The van der Waals surface area contributed by atoms with Gasteiger partial charge in [-0.3, -0.25) is 0 Å². The normalized spacial score (nSPS) is 11.8. The van der Waals surface area contributed by atoms with Crippen LogP contribution < -0.4 is 0 Å². The highest BCUT2D eigenvalue weighted by Crippen LogP contribution is 2.25. The Bertz CT molecular complexity index is 792. The Balaban J connectivity index is 1.71. The van der Waals surface area contributed by atoms with Crippen LogP contribution in [0, 0.1) is 5.82 Å². The Morgan fingerprint density at radius 3 is 2.65 bits per heavy atom. The molecular weight excluding hydrogens is 319 g/mol. The minimum absolute atomic E-state index is 0.208. The smallest absolute Gasteiger partial charge is 0.237 e. The van der Waals surface area contributed by atoms with Crippen LogP contribution >= 0.6 is 11.8 Å². The van der Waals surface area contributed by atoms with E-state index in [0.717, 1.165) is 0 Å². The van der Waals surface area contributed by atoms with E-state index in [1.54, 1.807) is 16.8 Å².